The van der Waals surface area contributed by atoms with Crippen molar-refractivity contribution >= 4 is 0 Å². The average molecular weight is 172 g/mol. The lowest BCUT2D eigenvalue weighted by molar-refractivity contribution is 0.194. The maximum atomic E-state index is 4.94. The minimum atomic E-state index is 0.839. The zero-order valence-electron chi connectivity index (χ0n) is 7.94. The molecule has 3 nitrogen and oxygen atoms in total. The highest BCUT2D eigenvalue weighted by Crippen LogP contribution is 2.17. The summed E-state index contributed by atoms with van der Waals surface area (Å²) in [5, 5.41) is 6.81. The average Bonchev–Trinajstić information content (AvgIpc) is 2.87. The Labute approximate surface area is 74.9 Å². The largest absolute Gasteiger partial charge is 0.385 e. The normalized spacial score (nSPS) is 16.8. The molecule has 0 amide bonds. The monoisotopic (exact) mass is 172 g/mol. The maximum absolute atomic E-state index is 4.94. The van der Waals surface area contributed by atoms with Gasteiger partial charge in [0, 0.05) is 32.8 Å². The first-order chi connectivity index (χ1) is 5.93. The fourth-order valence-corrected chi connectivity index (χ4v) is 1.12. The highest BCUT2D eigenvalue weighted by molar-refractivity contribution is 4.80. The smallest absolute Gasteiger partial charge is 0.0474 e. The molecule has 1 fully saturated rings. The van der Waals surface area contributed by atoms with Crippen LogP contribution in [0.5, 0.6) is 0 Å². The van der Waals surface area contributed by atoms with E-state index in [2.05, 4.69) is 10.6 Å². The van der Waals surface area contributed by atoms with E-state index in [0.717, 1.165) is 38.7 Å². The Morgan fingerprint density at radius 2 is 2.08 bits per heavy atom. The van der Waals surface area contributed by atoms with Crippen molar-refractivity contribution in [2.75, 3.05) is 33.4 Å². The summed E-state index contributed by atoms with van der Waals surface area (Å²) in [6.45, 7) is 4.13. The van der Waals surface area contributed by atoms with Gasteiger partial charge in [-0.2, -0.15) is 0 Å². The quantitative estimate of drug-likeness (QED) is 0.519. The van der Waals surface area contributed by atoms with Crippen LogP contribution in [0, 0.1) is 0 Å². The van der Waals surface area contributed by atoms with Crippen LogP contribution >= 0.6 is 0 Å². The van der Waals surface area contributed by atoms with Gasteiger partial charge in [0.15, 0.2) is 0 Å². The molecule has 0 radical (unpaired) electrons. The molecule has 0 aromatic heterocycles. The van der Waals surface area contributed by atoms with Gasteiger partial charge in [-0.1, -0.05) is 0 Å². The van der Waals surface area contributed by atoms with Crippen molar-refractivity contribution in [2.45, 2.75) is 25.3 Å². The highest BCUT2D eigenvalue weighted by atomic mass is 16.5. The number of hydrogen-bond donors (Lipinski definition) is 2. The number of rotatable bonds is 8. The summed E-state index contributed by atoms with van der Waals surface area (Å²) in [6.07, 6.45) is 3.87. The van der Waals surface area contributed by atoms with E-state index >= 15 is 0 Å². The molecule has 72 valence electrons. The van der Waals surface area contributed by atoms with Gasteiger partial charge in [-0.05, 0) is 25.8 Å². The SMILES string of the molecule is COCCCNCCNC1CC1. The summed E-state index contributed by atoms with van der Waals surface area (Å²) < 4.78 is 4.94. The third kappa shape index (κ3) is 5.52. The van der Waals surface area contributed by atoms with Crippen molar-refractivity contribution in [1.29, 1.82) is 0 Å². The summed E-state index contributed by atoms with van der Waals surface area (Å²) >= 11 is 0. The second-order valence-corrected chi connectivity index (χ2v) is 3.32. The molecule has 0 bridgehead atoms. The molecule has 2 N–H and O–H groups in total. The van der Waals surface area contributed by atoms with Gasteiger partial charge < -0.3 is 15.4 Å². The molecule has 0 aromatic rings. The minimum Gasteiger partial charge on any atom is -0.385 e. The topological polar surface area (TPSA) is 33.3 Å². The van der Waals surface area contributed by atoms with E-state index in [9.17, 15) is 0 Å². The van der Waals surface area contributed by atoms with Gasteiger partial charge in [-0.25, -0.2) is 0 Å². The number of hydrogen-bond acceptors (Lipinski definition) is 3. The Kier molecular flexibility index (Phi) is 5.32. The molecular formula is C9H20N2O. The van der Waals surface area contributed by atoms with Gasteiger partial charge in [0.25, 0.3) is 0 Å². The van der Waals surface area contributed by atoms with Gasteiger partial charge in [0.1, 0.15) is 0 Å². The molecule has 0 spiro atoms. The van der Waals surface area contributed by atoms with Crippen molar-refractivity contribution in [2.24, 2.45) is 0 Å². The molecule has 12 heavy (non-hydrogen) atoms. The Balaban J connectivity index is 1.65. The second-order valence-electron chi connectivity index (χ2n) is 3.32. The molecule has 0 atom stereocenters. The van der Waals surface area contributed by atoms with E-state index in [1.807, 2.05) is 0 Å². The van der Waals surface area contributed by atoms with Crippen molar-refractivity contribution in [1.82, 2.24) is 10.6 Å². The third-order valence-electron chi connectivity index (χ3n) is 2.01. The first-order valence-corrected chi connectivity index (χ1v) is 4.86. The first kappa shape index (κ1) is 9.96. The Morgan fingerprint density at radius 1 is 1.25 bits per heavy atom. The van der Waals surface area contributed by atoms with Crippen LogP contribution in [0.15, 0.2) is 0 Å². The van der Waals surface area contributed by atoms with Gasteiger partial charge in [-0.15, -0.1) is 0 Å². The third-order valence-corrected chi connectivity index (χ3v) is 2.01. The molecule has 0 aliphatic heterocycles. The van der Waals surface area contributed by atoms with E-state index < -0.39 is 0 Å². The predicted octanol–water partition coefficient (Wildman–Crippen LogP) is 0.365. The zero-order chi connectivity index (χ0) is 8.65. The van der Waals surface area contributed by atoms with Crippen LogP contribution in [0.2, 0.25) is 0 Å². The van der Waals surface area contributed by atoms with Crippen LogP contribution in [0.1, 0.15) is 19.3 Å². The number of ether oxygens (including phenoxy) is 1. The molecule has 1 saturated carbocycles. The summed E-state index contributed by atoms with van der Waals surface area (Å²) in [4.78, 5) is 0. The summed E-state index contributed by atoms with van der Waals surface area (Å²) in [6, 6.07) is 0.839. The van der Waals surface area contributed by atoms with Crippen LogP contribution in [-0.4, -0.2) is 39.4 Å². The van der Waals surface area contributed by atoms with Gasteiger partial charge in [0.05, 0.1) is 0 Å². The lowest BCUT2D eigenvalue weighted by Gasteiger charge is -2.04. The fourth-order valence-electron chi connectivity index (χ4n) is 1.12. The molecule has 0 heterocycles. The van der Waals surface area contributed by atoms with Gasteiger partial charge >= 0.3 is 0 Å². The fraction of sp³-hybridized carbons (Fsp3) is 1.00. The van der Waals surface area contributed by atoms with Gasteiger partial charge in [0.2, 0.25) is 0 Å². The van der Waals surface area contributed by atoms with Crippen molar-refractivity contribution < 1.29 is 4.74 Å². The number of nitrogens with one attached hydrogen (secondary N) is 2. The summed E-state index contributed by atoms with van der Waals surface area (Å²) in [5.41, 5.74) is 0. The Hall–Kier alpha value is -0.120. The van der Waals surface area contributed by atoms with Crippen LogP contribution < -0.4 is 10.6 Å². The number of methoxy groups -OCH3 is 1. The van der Waals surface area contributed by atoms with Crippen LogP contribution in [-0.2, 0) is 4.74 Å². The van der Waals surface area contributed by atoms with E-state index in [1.165, 1.54) is 12.8 Å². The first-order valence-electron chi connectivity index (χ1n) is 4.86. The van der Waals surface area contributed by atoms with E-state index in [1.54, 1.807) is 7.11 Å². The molecule has 1 aliphatic rings. The van der Waals surface area contributed by atoms with Crippen LogP contribution in [0.4, 0.5) is 0 Å². The minimum absolute atomic E-state index is 0.839. The summed E-state index contributed by atoms with van der Waals surface area (Å²) in [7, 11) is 1.74. The Bertz CT molecular complexity index is 105. The zero-order valence-corrected chi connectivity index (χ0v) is 7.94. The second kappa shape index (κ2) is 6.40. The molecule has 0 aromatic carbocycles. The molecule has 0 saturated heterocycles. The van der Waals surface area contributed by atoms with Crippen LogP contribution in [0.25, 0.3) is 0 Å². The molecule has 1 aliphatic carbocycles. The standard InChI is InChI=1S/C9H20N2O/c1-12-8-2-5-10-6-7-11-9-3-4-9/h9-11H,2-8H2,1H3. The molecule has 3 heteroatoms. The van der Waals surface area contributed by atoms with Gasteiger partial charge in [-0.3, -0.25) is 0 Å². The summed E-state index contributed by atoms with van der Waals surface area (Å²) in [5.74, 6) is 0. The predicted molar refractivity (Wildman–Crippen MR) is 50.4 cm³/mol. The maximum Gasteiger partial charge on any atom is 0.0474 e. The van der Waals surface area contributed by atoms with Crippen molar-refractivity contribution in [3.05, 3.63) is 0 Å². The van der Waals surface area contributed by atoms with Crippen LogP contribution in [0.3, 0.4) is 0 Å². The lowest BCUT2D eigenvalue weighted by atomic mass is 10.4. The molecular weight excluding hydrogens is 152 g/mol. The molecule has 0 unspecified atom stereocenters. The lowest BCUT2D eigenvalue weighted by Crippen LogP contribution is -2.29. The highest BCUT2D eigenvalue weighted by Gasteiger charge is 2.19. The molecule has 1 rings (SSSR count). The van der Waals surface area contributed by atoms with Crippen molar-refractivity contribution in [3.63, 3.8) is 0 Å². The van der Waals surface area contributed by atoms with E-state index in [-0.39, 0.29) is 0 Å². The van der Waals surface area contributed by atoms with E-state index in [4.69, 9.17) is 4.74 Å². The van der Waals surface area contributed by atoms with E-state index in [0.29, 0.717) is 0 Å². The van der Waals surface area contributed by atoms with Crippen molar-refractivity contribution in [3.8, 4) is 0 Å². The Morgan fingerprint density at radius 3 is 2.75 bits per heavy atom.